The Hall–Kier alpha value is -0.570. The van der Waals surface area contributed by atoms with E-state index >= 15 is 0 Å². The van der Waals surface area contributed by atoms with E-state index in [0.717, 1.165) is 19.3 Å². The molecule has 0 aliphatic carbocycles. The maximum absolute atomic E-state index is 11.7. The molecule has 3 nitrogen and oxygen atoms in total. The molecule has 0 aliphatic heterocycles. The first-order valence-electron chi connectivity index (χ1n) is 5.88. The first-order chi connectivity index (χ1) is 7.06. The lowest BCUT2D eigenvalue weighted by Gasteiger charge is -2.30. The largest absolute Gasteiger partial charge is 0.469 e. The molecule has 1 N–H and O–H groups in total. The number of methoxy groups -OCH3 is 1. The maximum atomic E-state index is 11.7. The molecule has 0 aromatic rings. The van der Waals surface area contributed by atoms with Crippen LogP contribution >= 0.6 is 0 Å². The third kappa shape index (κ3) is 3.82. The van der Waals surface area contributed by atoms with E-state index in [1.165, 1.54) is 7.11 Å². The van der Waals surface area contributed by atoms with Gasteiger partial charge in [0.15, 0.2) is 0 Å². The molecular formula is C12H25NO2. The van der Waals surface area contributed by atoms with Gasteiger partial charge in [-0.25, -0.2) is 0 Å². The second-order valence-corrected chi connectivity index (χ2v) is 4.17. The van der Waals surface area contributed by atoms with Crippen LogP contribution in [0.3, 0.4) is 0 Å². The number of nitrogens with one attached hydrogen (secondary N) is 1. The highest BCUT2D eigenvalue weighted by Gasteiger charge is 2.35. The fraction of sp³-hybridized carbons (Fsp3) is 0.917. The van der Waals surface area contributed by atoms with Crippen LogP contribution in [0.15, 0.2) is 0 Å². The minimum atomic E-state index is -0.349. The summed E-state index contributed by atoms with van der Waals surface area (Å²) in [6.07, 6.45) is 2.71. The van der Waals surface area contributed by atoms with Gasteiger partial charge in [0.2, 0.25) is 0 Å². The highest BCUT2D eigenvalue weighted by molar-refractivity contribution is 5.76. The molecule has 0 bridgehead atoms. The molecule has 1 unspecified atom stereocenters. The van der Waals surface area contributed by atoms with Gasteiger partial charge in [0.25, 0.3) is 0 Å². The van der Waals surface area contributed by atoms with Gasteiger partial charge in [0.1, 0.15) is 0 Å². The topological polar surface area (TPSA) is 38.3 Å². The second kappa shape index (κ2) is 6.83. The molecular weight excluding hydrogens is 190 g/mol. The van der Waals surface area contributed by atoms with Gasteiger partial charge in [-0.1, -0.05) is 20.8 Å². The highest BCUT2D eigenvalue weighted by atomic mass is 16.5. The molecule has 90 valence electrons. The van der Waals surface area contributed by atoms with Gasteiger partial charge in [-0.2, -0.15) is 0 Å². The fourth-order valence-corrected chi connectivity index (χ4v) is 1.59. The van der Waals surface area contributed by atoms with E-state index < -0.39 is 0 Å². The molecule has 0 spiro atoms. The lowest BCUT2D eigenvalue weighted by molar-refractivity contribution is -0.153. The quantitative estimate of drug-likeness (QED) is 0.662. The molecule has 0 aliphatic rings. The molecule has 0 fully saturated rings. The molecule has 0 radical (unpaired) electrons. The van der Waals surface area contributed by atoms with Crippen LogP contribution in [0.1, 0.15) is 47.0 Å². The number of carbonyl (C=O) groups excluding carboxylic acids is 1. The predicted octanol–water partition coefficient (Wildman–Crippen LogP) is 2.35. The normalized spacial score (nSPS) is 13.7. The van der Waals surface area contributed by atoms with Crippen LogP contribution in [0.4, 0.5) is 0 Å². The van der Waals surface area contributed by atoms with Crippen LogP contribution in [-0.4, -0.2) is 25.7 Å². The first kappa shape index (κ1) is 14.4. The van der Waals surface area contributed by atoms with E-state index in [9.17, 15) is 4.79 Å². The molecule has 3 heteroatoms. The first-order valence-corrected chi connectivity index (χ1v) is 5.88. The van der Waals surface area contributed by atoms with Crippen LogP contribution in [0.2, 0.25) is 0 Å². The summed E-state index contributed by atoms with van der Waals surface area (Å²) in [4.78, 5) is 11.7. The zero-order valence-electron chi connectivity index (χ0n) is 10.7. The SMILES string of the molecule is CCC(C)NCC(CC)(CC)C(=O)OC. The van der Waals surface area contributed by atoms with Crippen molar-refractivity contribution in [2.24, 2.45) is 5.41 Å². The number of hydrogen-bond acceptors (Lipinski definition) is 3. The fourth-order valence-electron chi connectivity index (χ4n) is 1.59. The second-order valence-electron chi connectivity index (χ2n) is 4.17. The average molecular weight is 215 g/mol. The number of carbonyl (C=O) groups is 1. The molecule has 1 atom stereocenters. The average Bonchev–Trinajstić information content (AvgIpc) is 2.29. The Morgan fingerprint density at radius 3 is 2.20 bits per heavy atom. The van der Waals surface area contributed by atoms with Crippen molar-refractivity contribution in [2.45, 2.75) is 53.0 Å². The van der Waals surface area contributed by atoms with Gasteiger partial charge < -0.3 is 10.1 Å². The smallest absolute Gasteiger partial charge is 0.313 e. The molecule has 0 rings (SSSR count). The molecule has 0 aromatic heterocycles. The van der Waals surface area contributed by atoms with E-state index in [1.54, 1.807) is 0 Å². The molecule has 0 saturated carbocycles. The Balaban J connectivity index is 4.43. The molecule has 0 aromatic carbocycles. The Morgan fingerprint density at radius 2 is 1.87 bits per heavy atom. The standard InChI is InChI=1S/C12H25NO2/c1-6-10(4)13-9-12(7-2,8-3)11(14)15-5/h10,13H,6-9H2,1-5H3. The highest BCUT2D eigenvalue weighted by Crippen LogP contribution is 2.27. The zero-order chi connectivity index (χ0) is 11.9. The number of ether oxygens (including phenoxy) is 1. The van der Waals surface area contributed by atoms with E-state index in [1.807, 2.05) is 13.8 Å². The Kier molecular flexibility index (Phi) is 6.57. The monoisotopic (exact) mass is 215 g/mol. The predicted molar refractivity (Wildman–Crippen MR) is 62.8 cm³/mol. The Morgan fingerprint density at radius 1 is 1.33 bits per heavy atom. The molecule has 0 heterocycles. The summed E-state index contributed by atoms with van der Waals surface area (Å²) in [7, 11) is 1.46. The van der Waals surface area contributed by atoms with Crippen molar-refractivity contribution in [2.75, 3.05) is 13.7 Å². The van der Waals surface area contributed by atoms with Crippen molar-refractivity contribution >= 4 is 5.97 Å². The van der Waals surface area contributed by atoms with E-state index in [4.69, 9.17) is 4.74 Å². The van der Waals surface area contributed by atoms with Crippen LogP contribution in [0.25, 0.3) is 0 Å². The molecule has 15 heavy (non-hydrogen) atoms. The van der Waals surface area contributed by atoms with Crippen molar-refractivity contribution in [3.63, 3.8) is 0 Å². The number of hydrogen-bond donors (Lipinski definition) is 1. The minimum Gasteiger partial charge on any atom is -0.469 e. The summed E-state index contributed by atoms with van der Waals surface area (Å²) < 4.78 is 4.88. The van der Waals surface area contributed by atoms with Crippen LogP contribution < -0.4 is 5.32 Å². The summed E-state index contributed by atoms with van der Waals surface area (Å²) in [5, 5.41) is 3.39. The summed E-state index contributed by atoms with van der Waals surface area (Å²) in [5.74, 6) is -0.0942. The Bertz CT molecular complexity index is 188. The van der Waals surface area contributed by atoms with Crippen molar-refractivity contribution < 1.29 is 9.53 Å². The molecule has 0 amide bonds. The lowest BCUT2D eigenvalue weighted by Crippen LogP contribution is -2.43. The van der Waals surface area contributed by atoms with E-state index in [0.29, 0.717) is 12.6 Å². The van der Waals surface area contributed by atoms with E-state index in [2.05, 4.69) is 19.2 Å². The van der Waals surface area contributed by atoms with Gasteiger partial charge in [-0.05, 0) is 26.2 Å². The summed E-state index contributed by atoms with van der Waals surface area (Å²) in [6, 6.07) is 0.451. The van der Waals surface area contributed by atoms with Gasteiger partial charge in [0, 0.05) is 12.6 Å². The maximum Gasteiger partial charge on any atom is 0.313 e. The van der Waals surface area contributed by atoms with Crippen LogP contribution in [0, 0.1) is 5.41 Å². The van der Waals surface area contributed by atoms with E-state index in [-0.39, 0.29) is 11.4 Å². The minimum absolute atomic E-state index is 0.0942. The third-order valence-corrected chi connectivity index (χ3v) is 3.37. The summed E-state index contributed by atoms with van der Waals surface area (Å²) in [5.41, 5.74) is -0.349. The lowest BCUT2D eigenvalue weighted by atomic mass is 9.82. The van der Waals surface area contributed by atoms with Gasteiger partial charge in [-0.15, -0.1) is 0 Å². The molecule has 0 saturated heterocycles. The third-order valence-electron chi connectivity index (χ3n) is 3.37. The van der Waals surface area contributed by atoms with Crippen LogP contribution in [-0.2, 0) is 9.53 Å². The zero-order valence-corrected chi connectivity index (χ0v) is 10.7. The number of esters is 1. The van der Waals surface area contributed by atoms with Gasteiger partial charge in [0.05, 0.1) is 12.5 Å². The van der Waals surface area contributed by atoms with Crippen molar-refractivity contribution in [3.8, 4) is 0 Å². The van der Waals surface area contributed by atoms with Crippen LogP contribution in [0.5, 0.6) is 0 Å². The van der Waals surface area contributed by atoms with Crippen molar-refractivity contribution in [3.05, 3.63) is 0 Å². The Labute approximate surface area is 93.6 Å². The summed E-state index contributed by atoms with van der Waals surface area (Å²) >= 11 is 0. The summed E-state index contributed by atoms with van der Waals surface area (Å²) in [6.45, 7) is 9.06. The van der Waals surface area contributed by atoms with Crippen molar-refractivity contribution in [1.82, 2.24) is 5.32 Å². The van der Waals surface area contributed by atoms with Gasteiger partial charge in [-0.3, -0.25) is 4.79 Å². The van der Waals surface area contributed by atoms with Crippen molar-refractivity contribution in [1.29, 1.82) is 0 Å². The van der Waals surface area contributed by atoms with Gasteiger partial charge >= 0.3 is 5.97 Å². The number of rotatable bonds is 7.